The summed E-state index contributed by atoms with van der Waals surface area (Å²) in [6, 6.07) is 17.7. The maximum absolute atomic E-state index is 4.93. The molecule has 1 aliphatic rings. The van der Waals surface area contributed by atoms with Crippen molar-refractivity contribution >= 4 is 32.9 Å². The normalized spacial score (nSPS) is 15.7. The van der Waals surface area contributed by atoms with Crippen LogP contribution in [0.2, 0.25) is 0 Å². The standard InChI is InChI=1S/C22H21N3S2/c1-15(17-7-8-20-19(12-17)23-14-26-20)25-10-9-18-21(13-25)27-22(24-18)11-16-5-3-2-4-6-16/h2-8,12,14-15H,9-11,13H2,1H3. The van der Waals surface area contributed by atoms with Crippen molar-refractivity contribution in [1.82, 2.24) is 14.9 Å². The van der Waals surface area contributed by atoms with Crippen LogP contribution in [0.5, 0.6) is 0 Å². The number of hydrogen-bond acceptors (Lipinski definition) is 5. The van der Waals surface area contributed by atoms with Gasteiger partial charge < -0.3 is 0 Å². The molecule has 0 bridgehead atoms. The molecule has 27 heavy (non-hydrogen) atoms. The Morgan fingerprint density at radius 3 is 2.93 bits per heavy atom. The minimum atomic E-state index is 0.393. The second-order valence-corrected chi connectivity index (χ2v) is 9.17. The zero-order chi connectivity index (χ0) is 18.2. The highest BCUT2D eigenvalue weighted by Gasteiger charge is 2.25. The zero-order valence-electron chi connectivity index (χ0n) is 15.3. The molecule has 136 valence electrons. The first kappa shape index (κ1) is 17.0. The van der Waals surface area contributed by atoms with E-state index in [9.17, 15) is 0 Å². The van der Waals surface area contributed by atoms with Gasteiger partial charge in [-0.05, 0) is 30.2 Å². The second-order valence-electron chi connectivity index (χ2n) is 7.12. The first-order chi connectivity index (χ1) is 13.3. The summed E-state index contributed by atoms with van der Waals surface area (Å²) in [7, 11) is 0. The molecule has 1 aliphatic heterocycles. The van der Waals surface area contributed by atoms with Gasteiger partial charge in [-0.15, -0.1) is 22.7 Å². The largest absolute Gasteiger partial charge is 0.291 e. The molecule has 2 aromatic heterocycles. The molecular weight excluding hydrogens is 370 g/mol. The van der Waals surface area contributed by atoms with E-state index in [0.29, 0.717) is 6.04 Å². The molecule has 0 spiro atoms. The monoisotopic (exact) mass is 391 g/mol. The van der Waals surface area contributed by atoms with E-state index < -0.39 is 0 Å². The molecule has 4 aromatic rings. The van der Waals surface area contributed by atoms with Crippen LogP contribution < -0.4 is 0 Å². The summed E-state index contributed by atoms with van der Waals surface area (Å²) >= 11 is 3.59. The molecule has 5 rings (SSSR count). The molecule has 0 saturated heterocycles. The van der Waals surface area contributed by atoms with E-state index in [2.05, 4.69) is 65.3 Å². The number of benzene rings is 2. The Morgan fingerprint density at radius 2 is 2.04 bits per heavy atom. The van der Waals surface area contributed by atoms with Gasteiger partial charge in [-0.2, -0.15) is 0 Å². The number of fused-ring (bicyclic) bond motifs is 2. The van der Waals surface area contributed by atoms with Gasteiger partial charge in [0.2, 0.25) is 0 Å². The number of rotatable bonds is 4. The van der Waals surface area contributed by atoms with Gasteiger partial charge in [0, 0.05) is 36.9 Å². The Labute approximate surface area is 167 Å². The highest BCUT2D eigenvalue weighted by Crippen LogP contribution is 2.32. The lowest BCUT2D eigenvalue weighted by Crippen LogP contribution is -2.32. The summed E-state index contributed by atoms with van der Waals surface area (Å²) < 4.78 is 1.26. The van der Waals surface area contributed by atoms with E-state index in [1.807, 2.05) is 16.8 Å². The van der Waals surface area contributed by atoms with E-state index in [1.54, 1.807) is 11.3 Å². The van der Waals surface area contributed by atoms with E-state index in [0.717, 1.165) is 31.4 Å². The fraction of sp³-hybridized carbons (Fsp3) is 0.273. The minimum Gasteiger partial charge on any atom is -0.291 e. The predicted molar refractivity (Wildman–Crippen MR) is 114 cm³/mol. The quantitative estimate of drug-likeness (QED) is 0.462. The lowest BCUT2D eigenvalue weighted by atomic mass is 10.0. The smallest absolute Gasteiger partial charge is 0.0975 e. The van der Waals surface area contributed by atoms with Crippen molar-refractivity contribution in [3.05, 3.63) is 80.7 Å². The Bertz CT molecular complexity index is 1070. The summed E-state index contributed by atoms with van der Waals surface area (Å²) in [5, 5.41) is 1.24. The summed E-state index contributed by atoms with van der Waals surface area (Å²) in [5.41, 5.74) is 7.04. The second kappa shape index (κ2) is 7.15. The molecule has 1 atom stereocenters. The maximum atomic E-state index is 4.93. The highest BCUT2D eigenvalue weighted by molar-refractivity contribution is 7.16. The third-order valence-electron chi connectivity index (χ3n) is 5.39. The molecule has 3 heterocycles. The van der Waals surface area contributed by atoms with Crippen molar-refractivity contribution in [2.24, 2.45) is 0 Å². The number of aromatic nitrogens is 2. The highest BCUT2D eigenvalue weighted by atomic mass is 32.1. The Balaban J connectivity index is 1.34. The van der Waals surface area contributed by atoms with E-state index in [1.165, 1.54) is 31.4 Å². The van der Waals surface area contributed by atoms with Crippen molar-refractivity contribution in [3.63, 3.8) is 0 Å². The molecule has 0 fully saturated rings. The third-order valence-corrected chi connectivity index (χ3v) is 7.28. The van der Waals surface area contributed by atoms with Crippen molar-refractivity contribution in [2.75, 3.05) is 6.54 Å². The van der Waals surface area contributed by atoms with Crippen LogP contribution in [0, 0.1) is 0 Å². The van der Waals surface area contributed by atoms with Crippen LogP contribution in [-0.4, -0.2) is 21.4 Å². The fourth-order valence-corrected chi connectivity index (χ4v) is 5.62. The van der Waals surface area contributed by atoms with Crippen molar-refractivity contribution in [3.8, 4) is 0 Å². The van der Waals surface area contributed by atoms with Crippen LogP contribution in [0.4, 0.5) is 0 Å². The predicted octanol–water partition coefficient (Wildman–Crippen LogP) is 5.46. The topological polar surface area (TPSA) is 29.0 Å². The van der Waals surface area contributed by atoms with Gasteiger partial charge in [0.05, 0.1) is 26.4 Å². The van der Waals surface area contributed by atoms with Crippen LogP contribution in [0.1, 0.15) is 39.7 Å². The number of thiazole rings is 2. The minimum absolute atomic E-state index is 0.393. The molecule has 3 nitrogen and oxygen atoms in total. The summed E-state index contributed by atoms with van der Waals surface area (Å²) in [6.07, 6.45) is 1.98. The molecule has 0 saturated carbocycles. The first-order valence-corrected chi connectivity index (χ1v) is 11.0. The first-order valence-electron chi connectivity index (χ1n) is 9.35. The molecule has 1 unspecified atom stereocenters. The van der Waals surface area contributed by atoms with Gasteiger partial charge in [0.25, 0.3) is 0 Å². The molecular formula is C22H21N3S2. The Kier molecular flexibility index (Phi) is 4.52. The van der Waals surface area contributed by atoms with Crippen molar-refractivity contribution in [2.45, 2.75) is 32.4 Å². The Hall–Kier alpha value is -2.08. The number of nitrogens with zero attached hydrogens (tertiary/aromatic N) is 3. The van der Waals surface area contributed by atoms with Crippen molar-refractivity contribution in [1.29, 1.82) is 0 Å². The van der Waals surface area contributed by atoms with Gasteiger partial charge >= 0.3 is 0 Å². The zero-order valence-corrected chi connectivity index (χ0v) is 16.9. The average Bonchev–Trinajstić information content (AvgIpc) is 3.33. The van der Waals surface area contributed by atoms with E-state index in [-0.39, 0.29) is 0 Å². The summed E-state index contributed by atoms with van der Waals surface area (Å²) in [6.45, 7) is 4.38. The average molecular weight is 392 g/mol. The van der Waals surface area contributed by atoms with Crippen LogP contribution in [-0.2, 0) is 19.4 Å². The third kappa shape index (κ3) is 3.43. The lowest BCUT2D eigenvalue weighted by Gasteiger charge is -2.32. The Morgan fingerprint density at radius 1 is 1.15 bits per heavy atom. The number of hydrogen-bond donors (Lipinski definition) is 0. The van der Waals surface area contributed by atoms with E-state index >= 15 is 0 Å². The van der Waals surface area contributed by atoms with Gasteiger partial charge in [-0.1, -0.05) is 36.4 Å². The van der Waals surface area contributed by atoms with Gasteiger partial charge in [-0.3, -0.25) is 4.90 Å². The summed E-state index contributed by atoms with van der Waals surface area (Å²) in [5.74, 6) is 0. The fourth-order valence-electron chi connectivity index (χ4n) is 3.79. The van der Waals surface area contributed by atoms with Crippen LogP contribution >= 0.6 is 22.7 Å². The SMILES string of the molecule is CC(c1ccc2scnc2c1)N1CCc2nc(Cc3ccccc3)sc2C1. The van der Waals surface area contributed by atoms with Crippen LogP contribution in [0.25, 0.3) is 10.2 Å². The van der Waals surface area contributed by atoms with E-state index in [4.69, 9.17) is 4.98 Å². The molecule has 0 amide bonds. The molecule has 0 radical (unpaired) electrons. The summed E-state index contributed by atoms with van der Waals surface area (Å²) in [4.78, 5) is 13.4. The van der Waals surface area contributed by atoms with Gasteiger partial charge in [0.15, 0.2) is 0 Å². The lowest BCUT2D eigenvalue weighted by molar-refractivity contribution is 0.193. The maximum Gasteiger partial charge on any atom is 0.0975 e. The molecule has 0 aliphatic carbocycles. The van der Waals surface area contributed by atoms with Gasteiger partial charge in [-0.25, -0.2) is 9.97 Å². The van der Waals surface area contributed by atoms with Gasteiger partial charge in [0.1, 0.15) is 0 Å². The van der Waals surface area contributed by atoms with Crippen LogP contribution in [0.3, 0.4) is 0 Å². The molecule has 0 N–H and O–H groups in total. The molecule has 2 aromatic carbocycles. The molecule has 5 heteroatoms. The van der Waals surface area contributed by atoms with Crippen molar-refractivity contribution < 1.29 is 0 Å². The van der Waals surface area contributed by atoms with Crippen LogP contribution in [0.15, 0.2) is 54.0 Å².